The molecule has 0 spiro atoms. The molecular formula is C16H16N4O. The van der Waals surface area contributed by atoms with Crippen molar-refractivity contribution in [3.8, 4) is 11.8 Å². The number of nitriles is 1. The van der Waals surface area contributed by atoms with E-state index in [0.29, 0.717) is 23.8 Å². The molecule has 21 heavy (non-hydrogen) atoms. The zero-order valence-corrected chi connectivity index (χ0v) is 11.7. The van der Waals surface area contributed by atoms with Gasteiger partial charge in [0.15, 0.2) is 5.96 Å². The minimum Gasteiger partial charge on any atom is -0.495 e. The zero-order valence-electron chi connectivity index (χ0n) is 11.7. The molecule has 0 aromatic heterocycles. The first kappa shape index (κ1) is 14.4. The summed E-state index contributed by atoms with van der Waals surface area (Å²) in [5, 5.41) is 11.7. The fraction of sp³-hybridized carbons (Fsp3) is 0.125. The molecule has 2 rings (SSSR count). The van der Waals surface area contributed by atoms with Crippen LogP contribution in [0.4, 0.5) is 5.69 Å². The van der Waals surface area contributed by atoms with Crippen molar-refractivity contribution in [2.75, 3.05) is 12.4 Å². The molecular weight excluding hydrogens is 264 g/mol. The number of para-hydroxylation sites is 2. The van der Waals surface area contributed by atoms with Gasteiger partial charge in [0.2, 0.25) is 0 Å². The summed E-state index contributed by atoms with van der Waals surface area (Å²) in [6, 6.07) is 16.8. The third-order valence-corrected chi connectivity index (χ3v) is 2.88. The van der Waals surface area contributed by atoms with E-state index in [1.165, 1.54) is 0 Å². The summed E-state index contributed by atoms with van der Waals surface area (Å²) >= 11 is 0. The second-order valence-electron chi connectivity index (χ2n) is 4.34. The molecule has 0 bridgehead atoms. The van der Waals surface area contributed by atoms with Crippen LogP contribution in [0.1, 0.15) is 11.1 Å². The molecule has 0 aliphatic heterocycles. The summed E-state index contributed by atoms with van der Waals surface area (Å²) in [5.41, 5.74) is 8.24. The number of methoxy groups -OCH3 is 1. The van der Waals surface area contributed by atoms with Crippen molar-refractivity contribution in [3.05, 3.63) is 59.7 Å². The van der Waals surface area contributed by atoms with Crippen LogP contribution in [0.25, 0.3) is 0 Å². The molecule has 0 aliphatic rings. The van der Waals surface area contributed by atoms with E-state index >= 15 is 0 Å². The number of aliphatic imine (C=N–C) groups is 1. The lowest BCUT2D eigenvalue weighted by Gasteiger charge is -2.10. The van der Waals surface area contributed by atoms with E-state index < -0.39 is 0 Å². The number of nitrogens with one attached hydrogen (secondary N) is 1. The van der Waals surface area contributed by atoms with Crippen LogP contribution in [0.5, 0.6) is 5.75 Å². The van der Waals surface area contributed by atoms with Gasteiger partial charge in [-0.1, -0.05) is 24.3 Å². The fourth-order valence-electron chi connectivity index (χ4n) is 1.79. The van der Waals surface area contributed by atoms with E-state index in [1.807, 2.05) is 36.4 Å². The molecule has 0 saturated carbocycles. The molecule has 5 nitrogen and oxygen atoms in total. The Labute approximate surface area is 123 Å². The molecule has 2 aromatic rings. The topological polar surface area (TPSA) is 83.4 Å². The van der Waals surface area contributed by atoms with Crippen LogP contribution in [0, 0.1) is 11.3 Å². The summed E-state index contributed by atoms with van der Waals surface area (Å²) in [6.07, 6.45) is 0. The highest BCUT2D eigenvalue weighted by molar-refractivity contribution is 5.93. The van der Waals surface area contributed by atoms with E-state index in [2.05, 4.69) is 16.4 Å². The molecule has 0 amide bonds. The Hall–Kier alpha value is -3.00. The van der Waals surface area contributed by atoms with Crippen LogP contribution < -0.4 is 15.8 Å². The Bertz CT molecular complexity index is 671. The highest BCUT2D eigenvalue weighted by Crippen LogP contribution is 2.22. The number of rotatable bonds is 4. The Morgan fingerprint density at radius 1 is 1.24 bits per heavy atom. The number of guanidine groups is 1. The largest absolute Gasteiger partial charge is 0.495 e. The van der Waals surface area contributed by atoms with Crippen molar-refractivity contribution in [3.63, 3.8) is 0 Å². The van der Waals surface area contributed by atoms with Crippen molar-refractivity contribution in [2.45, 2.75) is 6.54 Å². The maximum absolute atomic E-state index is 8.74. The minimum atomic E-state index is 0.309. The number of hydrogen-bond acceptors (Lipinski definition) is 3. The van der Waals surface area contributed by atoms with E-state index in [1.54, 1.807) is 19.2 Å². The van der Waals surface area contributed by atoms with E-state index in [-0.39, 0.29) is 0 Å². The molecule has 0 saturated heterocycles. The van der Waals surface area contributed by atoms with Crippen LogP contribution in [0.3, 0.4) is 0 Å². The van der Waals surface area contributed by atoms with Gasteiger partial charge in [-0.2, -0.15) is 5.26 Å². The summed E-state index contributed by atoms with van der Waals surface area (Å²) in [6.45, 7) is 0.444. The monoisotopic (exact) mass is 280 g/mol. The Balaban J connectivity index is 2.02. The fourth-order valence-corrected chi connectivity index (χ4v) is 1.79. The van der Waals surface area contributed by atoms with Crippen molar-refractivity contribution in [1.29, 1.82) is 5.26 Å². The second kappa shape index (κ2) is 6.96. The van der Waals surface area contributed by atoms with Gasteiger partial charge in [0.1, 0.15) is 5.75 Å². The number of hydrogen-bond donors (Lipinski definition) is 2. The normalized spacial score (nSPS) is 10.8. The molecule has 0 unspecified atom stereocenters. The van der Waals surface area contributed by atoms with Gasteiger partial charge in [-0.25, -0.2) is 4.99 Å². The molecule has 0 atom stereocenters. The first-order valence-electron chi connectivity index (χ1n) is 6.42. The number of anilines is 1. The molecule has 3 N–H and O–H groups in total. The van der Waals surface area contributed by atoms with Crippen LogP contribution in [0.15, 0.2) is 53.5 Å². The average molecular weight is 280 g/mol. The maximum atomic E-state index is 8.74. The molecule has 2 aromatic carbocycles. The van der Waals surface area contributed by atoms with Crippen molar-refractivity contribution in [1.82, 2.24) is 0 Å². The number of ether oxygens (including phenoxy) is 1. The zero-order chi connectivity index (χ0) is 15.1. The van der Waals surface area contributed by atoms with Crippen molar-refractivity contribution >= 4 is 11.6 Å². The standard InChI is InChI=1S/C16H16N4O/c1-21-15-5-3-2-4-14(15)20-16(18)19-11-13-8-6-12(10-17)7-9-13/h2-9H,11H2,1H3,(H3,18,19,20). The predicted molar refractivity (Wildman–Crippen MR) is 83.1 cm³/mol. The summed E-state index contributed by atoms with van der Waals surface area (Å²) < 4.78 is 5.23. The van der Waals surface area contributed by atoms with Gasteiger partial charge in [-0.05, 0) is 29.8 Å². The highest BCUT2D eigenvalue weighted by Gasteiger charge is 2.02. The quantitative estimate of drug-likeness (QED) is 0.665. The van der Waals surface area contributed by atoms with E-state index in [0.717, 1.165) is 11.3 Å². The van der Waals surface area contributed by atoms with Gasteiger partial charge in [0.05, 0.1) is 31.0 Å². The van der Waals surface area contributed by atoms with Gasteiger partial charge >= 0.3 is 0 Å². The Kier molecular flexibility index (Phi) is 4.78. The molecule has 5 heteroatoms. The average Bonchev–Trinajstić information content (AvgIpc) is 2.54. The van der Waals surface area contributed by atoms with Gasteiger partial charge < -0.3 is 15.8 Å². The number of benzene rings is 2. The maximum Gasteiger partial charge on any atom is 0.193 e. The van der Waals surface area contributed by atoms with Crippen molar-refractivity contribution < 1.29 is 4.74 Å². The van der Waals surface area contributed by atoms with Gasteiger partial charge in [0.25, 0.3) is 0 Å². The lowest BCUT2D eigenvalue weighted by Crippen LogP contribution is -2.22. The highest BCUT2D eigenvalue weighted by atomic mass is 16.5. The molecule has 0 heterocycles. The smallest absolute Gasteiger partial charge is 0.193 e. The van der Waals surface area contributed by atoms with Crippen LogP contribution in [0.2, 0.25) is 0 Å². The number of nitrogens with zero attached hydrogens (tertiary/aromatic N) is 2. The van der Waals surface area contributed by atoms with E-state index in [4.69, 9.17) is 15.7 Å². The first-order valence-corrected chi connectivity index (χ1v) is 6.42. The summed E-state index contributed by atoms with van der Waals surface area (Å²) in [7, 11) is 1.60. The molecule has 106 valence electrons. The van der Waals surface area contributed by atoms with Crippen LogP contribution >= 0.6 is 0 Å². The molecule has 0 radical (unpaired) electrons. The first-order chi connectivity index (χ1) is 10.2. The Morgan fingerprint density at radius 3 is 2.62 bits per heavy atom. The third kappa shape index (κ3) is 3.98. The van der Waals surface area contributed by atoms with Crippen molar-refractivity contribution in [2.24, 2.45) is 10.7 Å². The number of nitrogens with two attached hydrogens (primary N) is 1. The molecule has 0 fully saturated rings. The Morgan fingerprint density at radius 2 is 1.95 bits per heavy atom. The predicted octanol–water partition coefficient (Wildman–Crippen LogP) is 2.49. The SMILES string of the molecule is COc1ccccc1NC(N)=NCc1ccc(C#N)cc1. The van der Waals surface area contributed by atoms with E-state index in [9.17, 15) is 0 Å². The van der Waals surface area contributed by atoms with Gasteiger partial charge in [-0.3, -0.25) is 0 Å². The summed E-state index contributed by atoms with van der Waals surface area (Å²) in [4.78, 5) is 4.27. The lowest BCUT2D eigenvalue weighted by atomic mass is 10.1. The second-order valence-corrected chi connectivity index (χ2v) is 4.34. The minimum absolute atomic E-state index is 0.309. The molecule has 0 aliphatic carbocycles. The van der Waals surface area contributed by atoms with Crippen LogP contribution in [-0.4, -0.2) is 13.1 Å². The third-order valence-electron chi connectivity index (χ3n) is 2.88. The van der Waals surface area contributed by atoms with Gasteiger partial charge in [0, 0.05) is 0 Å². The lowest BCUT2D eigenvalue weighted by molar-refractivity contribution is 0.417. The van der Waals surface area contributed by atoms with Crippen LogP contribution in [-0.2, 0) is 6.54 Å². The summed E-state index contributed by atoms with van der Waals surface area (Å²) in [5.74, 6) is 1.01. The van der Waals surface area contributed by atoms with Gasteiger partial charge in [-0.15, -0.1) is 0 Å².